The van der Waals surface area contributed by atoms with Crippen molar-refractivity contribution in [3.8, 4) is 11.1 Å². The van der Waals surface area contributed by atoms with E-state index in [1.54, 1.807) is 0 Å². The van der Waals surface area contributed by atoms with Crippen molar-refractivity contribution in [3.05, 3.63) is 164 Å². The van der Waals surface area contributed by atoms with E-state index < -0.39 is 0 Å². The van der Waals surface area contributed by atoms with Gasteiger partial charge in [-0.3, -0.25) is 0 Å². The molecule has 2 heterocycles. The van der Waals surface area contributed by atoms with E-state index in [0.29, 0.717) is 0 Å². The molecule has 10 rings (SSSR count). The fourth-order valence-corrected chi connectivity index (χ4v) is 7.38. The summed E-state index contributed by atoms with van der Waals surface area (Å²) >= 11 is 0. The summed E-state index contributed by atoms with van der Waals surface area (Å²) < 4.78 is 13.4. The SMILES string of the molecule is c1ccc2c(-c3c(N(c4cccc5c4oc4ccccc45)c4cccc5c4oc4ccccc45)ccc4ccccc34)cccc2c1. The zero-order chi connectivity index (χ0) is 30.9. The predicted molar refractivity (Wildman–Crippen MR) is 196 cm³/mol. The lowest BCUT2D eigenvalue weighted by Crippen LogP contribution is -2.12. The van der Waals surface area contributed by atoms with E-state index in [2.05, 4.69) is 144 Å². The molecule has 0 aliphatic carbocycles. The highest BCUT2D eigenvalue weighted by molar-refractivity contribution is 6.17. The molecule has 0 fully saturated rings. The first-order valence-electron chi connectivity index (χ1n) is 15.9. The second kappa shape index (κ2) is 10.1. The van der Waals surface area contributed by atoms with Gasteiger partial charge in [-0.1, -0.05) is 133 Å². The molecule has 10 aromatic rings. The Hall–Kier alpha value is -6.32. The maximum absolute atomic E-state index is 6.71. The third-order valence-electron chi connectivity index (χ3n) is 9.46. The Morgan fingerprint density at radius 1 is 0.319 bits per heavy atom. The summed E-state index contributed by atoms with van der Waals surface area (Å²) in [5.41, 5.74) is 8.66. The molecule has 0 saturated heterocycles. The molecular weight excluding hydrogens is 574 g/mol. The molecule has 0 N–H and O–H groups in total. The van der Waals surface area contributed by atoms with E-state index in [0.717, 1.165) is 66.5 Å². The number of anilines is 3. The highest BCUT2D eigenvalue weighted by atomic mass is 16.3. The smallest absolute Gasteiger partial charge is 0.159 e. The van der Waals surface area contributed by atoms with Crippen molar-refractivity contribution in [1.29, 1.82) is 0 Å². The molecule has 0 spiro atoms. The number of benzene rings is 8. The van der Waals surface area contributed by atoms with E-state index in [-0.39, 0.29) is 0 Å². The van der Waals surface area contributed by atoms with Crippen LogP contribution >= 0.6 is 0 Å². The van der Waals surface area contributed by atoms with Gasteiger partial charge in [-0.05, 0) is 57.4 Å². The average molecular weight is 602 g/mol. The van der Waals surface area contributed by atoms with E-state index in [9.17, 15) is 0 Å². The molecule has 220 valence electrons. The molecule has 47 heavy (non-hydrogen) atoms. The van der Waals surface area contributed by atoms with Crippen LogP contribution in [0.3, 0.4) is 0 Å². The van der Waals surface area contributed by atoms with Gasteiger partial charge in [-0.2, -0.15) is 0 Å². The largest absolute Gasteiger partial charge is 0.454 e. The van der Waals surface area contributed by atoms with Crippen LogP contribution in [0, 0.1) is 0 Å². The molecule has 3 nitrogen and oxygen atoms in total. The van der Waals surface area contributed by atoms with E-state index in [1.165, 1.54) is 27.1 Å². The molecule has 3 heteroatoms. The molecule has 8 aromatic carbocycles. The van der Waals surface area contributed by atoms with Gasteiger partial charge in [-0.15, -0.1) is 0 Å². The Bertz CT molecular complexity index is 2700. The summed E-state index contributed by atoms with van der Waals surface area (Å²) in [6, 6.07) is 57.8. The Kier molecular flexibility index (Phi) is 5.57. The molecule has 0 atom stereocenters. The lowest BCUT2D eigenvalue weighted by Gasteiger charge is -2.29. The van der Waals surface area contributed by atoms with E-state index >= 15 is 0 Å². The van der Waals surface area contributed by atoms with Crippen molar-refractivity contribution in [2.75, 3.05) is 4.90 Å². The fourth-order valence-electron chi connectivity index (χ4n) is 7.38. The number of nitrogens with zero attached hydrogens (tertiary/aromatic N) is 1. The molecular formula is C44H27NO2. The minimum atomic E-state index is 0.832. The highest BCUT2D eigenvalue weighted by Gasteiger charge is 2.26. The molecule has 2 aromatic heterocycles. The first-order chi connectivity index (χ1) is 23.3. The van der Waals surface area contributed by atoms with Gasteiger partial charge in [0, 0.05) is 27.1 Å². The predicted octanol–water partition coefficient (Wildman–Crippen LogP) is 12.9. The lowest BCUT2D eigenvalue weighted by molar-refractivity contribution is 0.666. The Labute approximate surface area is 270 Å². The summed E-state index contributed by atoms with van der Waals surface area (Å²) in [6.45, 7) is 0. The van der Waals surface area contributed by atoms with Crippen molar-refractivity contribution in [2.45, 2.75) is 0 Å². The summed E-state index contributed by atoms with van der Waals surface area (Å²) in [5, 5.41) is 9.12. The third kappa shape index (κ3) is 3.87. The number of hydrogen-bond donors (Lipinski definition) is 0. The second-order valence-electron chi connectivity index (χ2n) is 12.0. The van der Waals surface area contributed by atoms with Gasteiger partial charge in [0.2, 0.25) is 0 Å². The maximum Gasteiger partial charge on any atom is 0.159 e. The van der Waals surface area contributed by atoms with Gasteiger partial charge in [0.25, 0.3) is 0 Å². The minimum absolute atomic E-state index is 0.832. The number of hydrogen-bond acceptors (Lipinski definition) is 3. The monoisotopic (exact) mass is 601 g/mol. The summed E-state index contributed by atoms with van der Waals surface area (Å²) in [4.78, 5) is 2.35. The fraction of sp³-hybridized carbons (Fsp3) is 0. The Morgan fingerprint density at radius 2 is 0.787 bits per heavy atom. The van der Waals surface area contributed by atoms with Crippen molar-refractivity contribution in [1.82, 2.24) is 0 Å². The van der Waals surface area contributed by atoms with Crippen LogP contribution in [0.1, 0.15) is 0 Å². The van der Waals surface area contributed by atoms with Crippen LogP contribution in [-0.2, 0) is 0 Å². The first-order valence-corrected chi connectivity index (χ1v) is 15.9. The number of fused-ring (bicyclic) bond motifs is 8. The van der Waals surface area contributed by atoms with Crippen LogP contribution in [0.15, 0.2) is 173 Å². The van der Waals surface area contributed by atoms with Crippen molar-refractivity contribution < 1.29 is 8.83 Å². The van der Waals surface area contributed by atoms with Crippen molar-refractivity contribution in [3.63, 3.8) is 0 Å². The standard InChI is InChI=1S/C44H27NO2/c1-3-15-30-28(12-1)14-9-19-34(30)42-31-16-4-2-13-29(31)26-27-37(42)45(38-22-10-20-35-32-17-5-7-24-40(32)46-43(35)38)39-23-11-21-36-33-18-6-8-25-41(33)47-44(36)39/h1-27H. The van der Waals surface area contributed by atoms with Gasteiger partial charge in [-0.25, -0.2) is 0 Å². The van der Waals surface area contributed by atoms with Gasteiger partial charge >= 0.3 is 0 Å². The zero-order valence-electron chi connectivity index (χ0n) is 25.4. The van der Waals surface area contributed by atoms with Crippen LogP contribution in [-0.4, -0.2) is 0 Å². The molecule has 0 unspecified atom stereocenters. The molecule has 0 radical (unpaired) electrons. The van der Waals surface area contributed by atoms with Gasteiger partial charge < -0.3 is 13.7 Å². The number of furan rings is 2. The zero-order valence-corrected chi connectivity index (χ0v) is 25.4. The second-order valence-corrected chi connectivity index (χ2v) is 12.0. The Balaban J connectivity index is 1.38. The van der Waals surface area contributed by atoms with E-state index in [4.69, 9.17) is 8.83 Å². The van der Waals surface area contributed by atoms with Crippen LogP contribution in [0.2, 0.25) is 0 Å². The summed E-state index contributed by atoms with van der Waals surface area (Å²) in [7, 11) is 0. The minimum Gasteiger partial charge on any atom is -0.454 e. The topological polar surface area (TPSA) is 29.5 Å². The van der Waals surface area contributed by atoms with Crippen molar-refractivity contribution >= 4 is 82.5 Å². The number of rotatable bonds is 4. The first kappa shape index (κ1) is 26.0. The molecule has 0 bridgehead atoms. The molecule has 0 saturated carbocycles. The van der Waals surface area contributed by atoms with Gasteiger partial charge in [0.1, 0.15) is 11.2 Å². The third-order valence-corrected chi connectivity index (χ3v) is 9.46. The molecule has 0 aliphatic heterocycles. The highest BCUT2D eigenvalue weighted by Crippen LogP contribution is 2.50. The summed E-state index contributed by atoms with van der Waals surface area (Å²) in [6.07, 6.45) is 0. The van der Waals surface area contributed by atoms with E-state index in [1.807, 2.05) is 24.3 Å². The van der Waals surface area contributed by atoms with Crippen molar-refractivity contribution in [2.24, 2.45) is 0 Å². The summed E-state index contributed by atoms with van der Waals surface area (Å²) in [5.74, 6) is 0. The molecule has 0 amide bonds. The Morgan fingerprint density at radius 3 is 1.43 bits per heavy atom. The normalized spacial score (nSPS) is 11.8. The quantitative estimate of drug-likeness (QED) is 0.201. The van der Waals surface area contributed by atoms with Gasteiger partial charge in [0.05, 0.1) is 17.1 Å². The van der Waals surface area contributed by atoms with Crippen LogP contribution in [0.5, 0.6) is 0 Å². The average Bonchev–Trinajstić information content (AvgIpc) is 3.71. The lowest BCUT2D eigenvalue weighted by atomic mass is 9.91. The molecule has 0 aliphatic rings. The van der Waals surface area contributed by atoms with Gasteiger partial charge in [0.15, 0.2) is 11.2 Å². The van der Waals surface area contributed by atoms with Crippen LogP contribution < -0.4 is 4.90 Å². The van der Waals surface area contributed by atoms with Crippen LogP contribution in [0.4, 0.5) is 17.1 Å². The van der Waals surface area contributed by atoms with Crippen LogP contribution in [0.25, 0.3) is 76.5 Å². The maximum atomic E-state index is 6.71. The number of para-hydroxylation sites is 4.